The average Bonchev–Trinajstić information content (AvgIpc) is 3.31. The Balaban J connectivity index is 1.52. The van der Waals surface area contributed by atoms with Crippen LogP contribution in [0.5, 0.6) is 0 Å². The Morgan fingerprint density at radius 2 is 1.55 bits per heavy atom. The number of rotatable bonds is 5. The number of carbonyl (C=O) groups is 1. The van der Waals surface area contributed by atoms with E-state index in [4.69, 9.17) is 4.98 Å². The maximum absolute atomic E-state index is 13.3. The van der Waals surface area contributed by atoms with E-state index in [9.17, 15) is 14.3 Å². The van der Waals surface area contributed by atoms with Crippen LogP contribution in [0.1, 0.15) is 12.8 Å². The molecule has 0 amide bonds. The van der Waals surface area contributed by atoms with E-state index in [-0.39, 0.29) is 11.7 Å². The van der Waals surface area contributed by atoms with E-state index in [1.807, 2.05) is 42.5 Å². The monoisotopic (exact) mass is 458 g/mol. The molecule has 0 bridgehead atoms. The van der Waals surface area contributed by atoms with Gasteiger partial charge >= 0.3 is 5.97 Å². The van der Waals surface area contributed by atoms with Crippen molar-refractivity contribution >= 4 is 22.4 Å². The summed E-state index contributed by atoms with van der Waals surface area (Å²) in [4.78, 5) is 19.7. The second kappa shape index (κ2) is 9.16. The van der Waals surface area contributed by atoms with Crippen LogP contribution in [0, 0.1) is 11.7 Å². The molecule has 1 aliphatic rings. The SMILES string of the molecule is O=C(O)C1CCCN(c2nc(-c3ccc(-c4ccc(F)cc4)cc3)c(-c3ccccc3)s2)C1. The summed E-state index contributed by atoms with van der Waals surface area (Å²) in [5.74, 6) is -1.35. The van der Waals surface area contributed by atoms with Crippen molar-refractivity contribution < 1.29 is 14.3 Å². The molecule has 1 N–H and O–H groups in total. The van der Waals surface area contributed by atoms with Crippen LogP contribution in [0.25, 0.3) is 32.8 Å². The summed E-state index contributed by atoms with van der Waals surface area (Å²) in [5, 5.41) is 10.3. The first kappa shape index (κ1) is 21.3. The number of carboxylic acid groups (broad SMARTS) is 1. The van der Waals surface area contributed by atoms with Crippen molar-refractivity contribution in [2.75, 3.05) is 18.0 Å². The van der Waals surface area contributed by atoms with Gasteiger partial charge < -0.3 is 10.0 Å². The normalized spacial score (nSPS) is 16.0. The highest BCUT2D eigenvalue weighted by Crippen LogP contribution is 2.41. The van der Waals surface area contributed by atoms with Crippen LogP contribution in [0.2, 0.25) is 0 Å². The van der Waals surface area contributed by atoms with Crippen molar-refractivity contribution in [2.45, 2.75) is 12.8 Å². The fourth-order valence-corrected chi connectivity index (χ4v) is 5.37. The third-order valence-corrected chi connectivity index (χ3v) is 7.19. The molecule has 1 aliphatic heterocycles. The number of aromatic nitrogens is 1. The van der Waals surface area contributed by atoms with Gasteiger partial charge in [-0.15, -0.1) is 0 Å². The molecule has 4 aromatic rings. The highest BCUT2D eigenvalue weighted by Gasteiger charge is 2.28. The van der Waals surface area contributed by atoms with Crippen LogP contribution in [-0.4, -0.2) is 29.1 Å². The summed E-state index contributed by atoms with van der Waals surface area (Å²) in [7, 11) is 0. The Morgan fingerprint density at radius 3 is 2.21 bits per heavy atom. The number of hydrogen-bond acceptors (Lipinski definition) is 4. The zero-order valence-electron chi connectivity index (χ0n) is 17.9. The first-order valence-corrected chi connectivity index (χ1v) is 11.8. The molecular formula is C27H23FN2O2S. The van der Waals surface area contributed by atoms with Crippen LogP contribution >= 0.6 is 11.3 Å². The van der Waals surface area contributed by atoms with E-state index in [0.29, 0.717) is 13.0 Å². The summed E-state index contributed by atoms with van der Waals surface area (Å²) < 4.78 is 13.3. The number of nitrogens with zero attached hydrogens (tertiary/aromatic N) is 2. The quantitative estimate of drug-likeness (QED) is 0.367. The van der Waals surface area contributed by atoms with Gasteiger partial charge in [-0.3, -0.25) is 4.79 Å². The van der Waals surface area contributed by atoms with E-state index >= 15 is 0 Å². The summed E-state index contributed by atoms with van der Waals surface area (Å²) >= 11 is 1.61. The van der Waals surface area contributed by atoms with Crippen LogP contribution in [0.15, 0.2) is 78.9 Å². The van der Waals surface area contributed by atoms with Crippen molar-refractivity contribution in [2.24, 2.45) is 5.92 Å². The molecule has 1 atom stereocenters. The van der Waals surface area contributed by atoms with Gasteiger partial charge in [-0.05, 0) is 41.7 Å². The Morgan fingerprint density at radius 1 is 0.909 bits per heavy atom. The summed E-state index contributed by atoms with van der Waals surface area (Å²) in [6.07, 6.45) is 1.55. The highest BCUT2D eigenvalue weighted by atomic mass is 32.1. The zero-order chi connectivity index (χ0) is 22.8. The largest absolute Gasteiger partial charge is 0.481 e. The van der Waals surface area contributed by atoms with E-state index < -0.39 is 5.97 Å². The number of carboxylic acids is 1. The molecule has 0 spiro atoms. The van der Waals surface area contributed by atoms with Crippen LogP contribution < -0.4 is 4.90 Å². The molecule has 3 aromatic carbocycles. The lowest BCUT2D eigenvalue weighted by Crippen LogP contribution is -2.38. The number of piperidine rings is 1. The number of anilines is 1. The number of benzene rings is 3. The number of aliphatic carboxylic acids is 1. The van der Waals surface area contributed by atoms with Crippen LogP contribution in [0.3, 0.4) is 0 Å². The van der Waals surface area contributed by atoms with Gasteiger partial charge in [0.25, 0.3) is 0 Å². The van der Waals surface area contributed by atoms with E-state index in [0.717, 1.165) is 50.9 Å². The Bertz CT molecular complexity index is 1250. The van der Waals surface area contributed by atoms with E-state index in [1.165, 1.54) is 12.1 Å². The van der Waals surface area contributed by atoms with Crippen molar-refractivity contribution in [1.29, 1.82) is 0 Å². The third-order valence-electron chi connectivity index (χ3n) is 6.03. The predicted molar refractivity (Wildman–Crippen MR) is 131 cm³/mol. The number of thiazole rings is 1. The standard InChI is InChI=1S/C27H23FN2O2S/c28-23-14-12-19(13-15-23)18-8-10-20(11-9-18)24-25(21-5-2-1-3-6-21)33-27(29-24)30-16-4-7-22(17-30)26(31)32/h1-3,5-6,8-15,22H,4,7,16-17H2,(H,31,32). The summed E-state index contributed by atoms with van der Waals surface area (Å²) in [6, 6.07) is 24.8. The lowest BCUT2D eigenvalue weighted by atomic mass is 9.99. The van der Waals surface area contributed by atoms with Gasteiger partial charge in [0.15, 0.2) is 5.13 Å². The molecule has 1 saturated heterocycles. The molecule has 5 rings (SSSR count). The zero-order valence-corrected chi connectivity index (χ0v) is 18.8. The molecule has 0 saturated carbocycles. The van der Waals surface area contributed by atoms with Gasteiger partial charge in [0.2, 0.25) is 0 Å². The molecule has 166 valence electrons. The Hall–Kier alpha value is -3.51. The minimum atomic E-state index is -0.740. The Kier molecular flexibility index (Phi) is 5.92. The Labute approximate surface area is 196 Å². The molecule has 6 heteroatoms. The molecule has 0 radical (unpaired) electrons. The molecule has 4 nitrogen and oxygen atoms in total. The van der Waals surface area contributed by atoms with Crippen molar-refractivity contribution in [3.05, 3.63) is 84.7 Å². The fraction of sp³-hybridized carbons (Fsp3) is 0.185. The van der Waals surface area contributed by atoms with Gasteiger partial charge in [-0.1, -0.05) is 78.1 Å². The first-order valence-electron chi connectivity index (χ1n) is 11.0. The smallest absolute Gasteiger partial charge is 0.308 e. The molecular weight excluding hydrogens is 435 g/mol. The summed E-state index contributed by atoms with van der Waals surface area (Å²) in [6.45, 7) is 1.30. The summed E-state index contributed by atoms with van der Waals surface area (Å²) in [5.41, 5.74) is 4.94. The van der Waals surface area contributed by atoms with E-state index in [1.54, 1.807) is 23.5 Å². The molecule has 2 heterocycles. The van der Waals surface area contributed by atoms with Gasteiger partial charge in [0, 0.05) is 18.7 Å². The predicted octanol–water partition coefficient (Wildman–Crippen LogP) is 6.58. The number of hydrogen-bond donors (Lipinski definition) is 1. The highest BCUT2D eigenvalue weighted by molar-refractivity contribution is 7.19. The number of halogens is 1. The van der Waals surface area contributed by atoms with Crippen LogP contribution in [0.4, 0.5) is 9.52 Å². The van der Waals surface area contributed by atoms with Gasteiger partial charge in [-0.2, -0.15) is 0 Å². The molecule has 0 aliphatic carbocycles. The molecule has 1 aromatic heterocycles. The average molecular weight is 459 g/mol. The lowest BCUT2D eigenvalue weighted by Gasteiger charge is -2.30. The van der Waals surface area contributed by atoms with Gasteiger partial charge in [0.05, 0.1) is 16.5 Å². The van der Waals surface area contributed by atoms with Crippen LogP contribution in [-0.2, 0) is 4.79 Å². The van der Waals surface area contributed by atoms with Crippen molar-refractivity contribution in [3.8, 4) is 32.8 Å². The third kappa shape index (κ3) is 4.52. The van der Waals surface area contributed by atoms with Gasteiger partial charge in [-0.25, -0.2) is 9.37 Å². The van der Waals surface area contributed by atoms with E-state index in [2.05, 4.69) is 17.0 Å². The minimum absolute atomic E-state index is 0.249. The second-order valence-corrected chi connectivity index (χ2v) is 9.23. The maximum atomic E-state index is 13.3. The second-order valence-electron chi connectivity index (χ2n) is 8.25. The van der Waals surface area contributed by atoms with Crippen molar-refractivity contribution in [1.82, 2.24) is 4.98 Å². The molecule has 33 heavy (non-hydrogen) atoms. The minimum Gasteiger partial charge on any atom is -0.481 e. The topological polar surface area (TPSA) is 53.4 Å². The first-order chi connectivity index (χ1) is 16.1. The lowest BCUT2D eigenvalue weighted by molar-refractivity contribution is -0.141. The fourth-order valence-electron chi connectivity index (χ4n) is 4.24. The molecule has 1 fully saturated rings. The maximum Gasteiger partial charge on any atom is 0.308 e. The van der Waals surface area contributed by atoms with Crippen molar-refractivity contribution in [3.63, 3.8) is 0 Å². The van der Waals surface area contributed by atoms with Gasteiger partial charge in [0.1, 0.15) is 5.82 Å². The molecule has 1 unspecified atom stereocenters.